The fourth-order valence-corrected chi connectivity index (χ4v) is 2.23. The topological polar surface area (TPSA) is 41.5 Å². The van der Waals surface area contributed by atoms with Crippen LogP contribution in [0.25, 0.3) is 10.8 Å². The number of hydrazone groups is 1. The summed E-state index contributed by atoms with van der Waals surface area (Å²) in [6.07, 6.45) is 2.30. The molecule has 0 aliphatic carbocycles. The van der Waals surface area contributed by atoms with Crippen LogP contribution >= 0.6 is 0 Å². The third-order valence-corrected chi connectivity index (χ3v) is 3.21. The first-order valence-electron chi connectivity index (χ1n) is 6.99. The average Bonchev–Trinajstić information content (AvgIpc) is 2.46. The van der Waals surface area contributed by atoms with Crippen molar-refractivity contribution in [2.45, 2.75) is 33.1 Å². The second-order valence-corrected chi connectivity index (χ2v) is 4.95. The Morgan fingerprint density at radius 1 is 1.15 bits per heavy atom. The van der Waals surface area contributed by atoms with Gasteiger partial charge in [0, 0.05) is 5.71 Å². The molecule has 0 saturated heterocycles. The molecule has 1 N–H and O–H groups in total. The summed E-state index contributed by atoms with van der Waals surface area (Å²) >= 11 is 0. The second-order valence-electron chi connectivity index (χ2n) is 4.95. The van der Waals surface area contributed by atoms with Gasteiger partial charge in [0.1, 0.15) is 0 Å². The van der Waals surface area contributed by atoms with E-state index in [-0.39, 0.29) is 5.91 Å². The maximum absolute atomic E-state index is 11.9. The average molecular weight is 268 g/mol. The number of carbonyl (C=O) groups excluding carboxylic acids is 1. The lowest BCUT2D eigenvalue weighted by atomic mass is 10.0. The van der Waals surface area contributed by atoms with E-state index in [2.05, 4.69) is 29.6 Å². The zero-order valence-electron chi connectivity index (χ0n) is 12.0. The normalized spacial score (nSPS) is 11.6. The molecular formula is C17H20N2O. The number of amides is 1. The fraction of sp³-hybridized carbons (Fsp3) is 0.294. The molecule has 2 rings (SSSR count). The monoisotopic (exact) mass is 268 g/mol. The van der Waals surface area contributed by atoms with E-state index in [0.29, 0.717) is 6.42 Å². The maximum Gasteiger partial charge on any atom is 0.244 e. The van der Waals surface area contributed by atoms with Crippen LogP contribution in [0.5, 0.6) is 0 Å². The minimum atomic E-state index is -0.0724. The highest BCUT2D eigenvalue weighted by Gasteiger charge is 2.06. The van der Waals surface area contributed by atoms with Gasteiger partial charge in [0.2, 0.25) is 5.91 Å². The first kappa shape index (κ1) is 14.3. The quantitative estimate of drug-likeness (QED) is 0.652. The lowest BCUT2D eigenvalue weighted by Crippen LogP contribution is -2.21. The van der Waals surface area contributed by atoms with E-state index in [1.807, 2.05) is 37.3 Å². The summed E-state index contributed by atoms with van der Waals surface area (Å²) in [6, 6.07) is 14.1. The van der Waals surface area contributed by atoms with Crippen molar-refractivity contribution in [2.24, 2.45) is 5.10 Å². The van der Waals surface area contributed by atoms with Crippen LogP contribution in [0.4, 0.5) is 0 Å². The zero-order valence-corrected chi connectivity index (χ0v) is 12.0. The molecule has 0 aliphatic heterocycles. The van der Waals surface area contributed by atoms with E-state index in [1.165, 1.54) is 0 Å². The fourth-order valence-electron chi connectivity index (χ4n) is 2.23. The van der Waals surface area contributed by atoms with Crippen molar-refractivity contribution in [3.8, 4) is 0 Å². The Labute approximate surface area is 119 Å². The number of nitrogens with zero attached hydrogens (tertiary/aromatic N) is 1. The van der Waals surface area contributed by atoms with Gasteiger partial charge < -0.3 is 0 Å². The van der Waals surface area contributed by atoms with Gasteiger partial charge in [0.05, 0.1) is 6.42 Å². The van der Waals surface area contributed by atoms with Crippen LogP contribution in [0.15, 0.2) is 47.6 Å². The van der Waals surface area contributed by atoms with Crippen LogP contribution in [0, 0.1) is 0 Å². The van der Waals surface area contributed by atoms with Crippen LogP contribution in [0.2, 0.25) is 0 Å². The first-order chi connectivity index (χ1) is 9.70. The smallest absolute Gasteiger partial charge is 0.244 e. The predicted octanol–water partition coefficient (Wildman–Crippen LogP) is 3.67. The molecule has 0 saturated carbocycles. The Hall–Kier alpha value is -2.16. The summed E-state index contributed by atoms with van der Waals surface area (Å²) in [5.41, 5.74) is 4.62. The third-order valence-electron chi connectivity index (χ3n) is 3.21. The highest BCUT2D eigenvalue weighted by molar-refractivity contribution is 5.90. The van der Waals surface area contributed by atoms with Gasteiger partial charge >= 0.3 is 0 Å². The van der Waals surface area contributed by atoms with E-state index in [1.54, 1.807) is 0 Å². The van der Waals surface area contributed by atoms with Gasteiger partial charge in [-0.05, 0) is 29.7 Å². The lowest BCUT2D eigenvalue weighted by Gasteiger charge is -2.06. The number of benzene rings is 2. The van der Waals surface area contributed by atoms with Crippen LogP contribution < -0.4 is 5.43 Å². The Bertz CT molecular complexity index is 626. The van der Waals surface area contributed by atoms with Crippen molar-refractivity contribution >= 4 is 22.4 Å². The highest BCUT2D eigenvalue weighted by Crippen LogP contribution is 2.18. The van der Waals surface area contributed by atoms with Crippen molar-refractivity contribution in [1.82, 2.24) is 5.43 Å². The van der Waals surface area contributed by atoms with E-state index in [4.69, 9.17) is 0 Å². The number of rotatable bonds is 5. The van der Waals surface area contributed by atoms with Gasteiger partial charge in [0.25, 0.3) is 0 Å². The Balaban J connectivity index is 2.09. The van der Waals surface area contributed by atoms with Gasteiger partial charge in [-0.15, -0.1) is 0 Å². The molecule has 0 aromatic heterocycles. The summed E-state index contributed by atoms with van der Waals surface area (Å²) in [5, 5.41) is 6.39. The van der Waals surface area contributed by atoms with E-state index in [0.717, 1.165) is 34.9 Å². The van der Waals surface area contributed by atoms with Crippen LogP contribution in [0.3, 0.4) is 0 Å². The molecule has 20 heavy (non-hydrogen) atoms. The van der Waals surface area contributed by atoms with Gasteiger partial charge in [-0.3, -0.25) is 4.79 Å². The standard InChI is InChI=1S/C17H20N2O/c1-3-7-13(2)18-19-17(20)12-15-10-6-9-14-8-4-5-11-16(14)15/h4-6,8-11H,3,7,12H2,1-2H3,(H,19,20)/b18-13+. The van der Waals surface area contributed by atoms with Crippen molar-refractivity contribution in [2.75, 3.05) is 0 Å². The van der Waals surface area contributed by atoms with Gasteiger partial charge in [-0.1, -0.05) is 55.8 Å². The van der Waals surface area contributed by atoms with Crippen LogP contribution in [-0.2, 0) is 11.2 Å². The minimum absolute atomic E-state index is 0.0724. The van der Waals surface area contributed by atoms with Gasteiger partial charge in [0.15, 0.2) is 0 Å². The van der Waals surface area contributed by atoms with E-state index < -0.39 is 0 Å². The second kappa shape index (κ2) is 6.85. The first-order valence-corrected chi connectivity index (χ1v) is 6.99. The molecule has 0 spiro atoms. The van der Waals surface area contributed by atoms with Crippen LogP contribution in [0.1, 0.15) is 32.3 Å². The zero-order chi connectivity index (χ0) is 14.4. The lowest BCUT2D eigenvalue weighted by molar-refractivity contribution is -0.120. The molecule has 2 aromatic carbocycles. The molecule has 104 valence electrons. The molecule has 1 amide bonds. The summed E-state index contributed by atoms with van der Waals surface area (Å²) in [6.45, 7) is 4.03. The molecule has 3 nitrogen and oxygen atoms in total. The summed E-state index contributed by atoms with van der Waals surface area (Å²) in [5.74, 6) is -0.0724. The number of fused-ring (bicyclic) bond motifs is 1. The Kier molecular flexibility index (Phi) is 4.88. The Morgan fingerprint density at radius 3 is 2.70 bits per heavy atom. The number of carbonyl (C=O) groups is 1. The van der Waals surface area contributed by atoms with E-state index >= 15 is 0 Å². The number of nitrogens with one attached hydrogen (secondary N) is 1. The molecule has 3 heteroatoms. The molecular weight excluding hydrogens is 248 g/mol. The summed E-state index contributed by atoms with van der Waals surface area (Å²) < 4.78 is 0. The van der Waals surface area contributed by atoms with Crippen molar-refractivity contribution < 1.29 is 4.79 Å². The molecule has 0 atom stereocenters. The van der Waals surface area contributed by atoms with Crippen LogP contribution in [-0.4, -0.2) is 11.6 Å². The van der Waals surface area contributed by atoms with Crippen molar-refractivity contribution in [1.29, 1.82) is 0 Å². The summed E-state index contributed by atoms with van der Waals surface area (Å²) in [7, 11) is 0. The molecule has 0 heterocycles. The highest BCUT2D eigenvalue weighted by atomic mass is 16.2. The number of hydrogen-bond donors (Lipinski definition) is 1. The molecule has 0 bridgehead atoms. The van der Waals surface area contributed by atoms with Crippen molar-refractivity contribution in [3.63, 3.8) is 0 Å². The SMILES string of the molecule is CCC/C(C)=N/NC(=O)Cc1cccc2ccccc12. The Morgan fingerprint density at radius 2 is 1.90 bits per heavy atom. The largest absolute Gasteiger partial charge is 0.273 e. The maximum atomic E-state index is 11.9. The van der Waals surface area contributed by atoms with Gasteiger partial charge in [-0.25, -0.2) is 5.43 Å². The molecule has 0 aliphatic rings. The molecule has 0 radical (unpaired) electrons. The number of hydrogen-bond acceptors (Lipinski definition) is 2. The molecule has 0 unspecified atom stereocenters. The minimum Gasteiger partial charge on any atom is -0.273 e. The van der Waals surface area contributed by atoms with Gasteiger partial charge in [-0.2, -0.15) is 5.10 Å². The van der Waals surface area contributed by atoms with E-state index in [9.17, 15) is 4.79 Å². The predicted molar refractivity (Wildman–Crippen MR) is 83.8 cm³/mol. The molecule has 0 fully saturated rings. The summed E-state index contributed by atoms with van der Waals surface area (Å²) in [4.78, 5) is 11.9. The van der Waals surface area contributed by atoms with Crippen molar-refractivity contribution in [3.05, 3.63) is 48.0 Å². The third kappa shape index (κ3) is 3.67. The molecule has 2 aromatic rings.